The maximum atomic E-state index is 13.9. The molecule has 3 rings (SSSR count). The molecule has 33 heavy (non-hydrogen) atoms. The molecule has 0 aliphatic heterocycles. The summed E-state index contributed by atoms with van der Waals surface area (Å²) in [5.74, 6) is -1.05. The van der Waals surface area contributed by atoms with E-state index in [2.05, 4.69) is 5.32 Å². The molecule has 0 saturated heterocycles. The highest BCUT2D eigenvalue weighted by Crippen LogP contribution is 2.23. The smallest absolute Gasteiger partial charge is 0.338 e. The monoisotopic (exact) mass is 444 g/mol. The molecule has 0 unspecified atom stereocenters. The first-order valence-electron chi connectivity index (χ1n) is 10.2. The van der Waals surface area contributed by atoms with Crippen molar-refractivity contribution in [2.45, 2.75) is 13.5 Å². The van der Waals surface area contributed by atoms with Crippen LogP contribution in [0.5, 0.6) is 5.75 Å². The van der Waals surface area contributed by atoms with E-state index in [-0.39, 0.29) is 24.6 Å². The standard InChI is InChI=1S/C26H21FN2O4/c1-2-32-26(31)18-11-13-22(14-12-18)29-25(30)21(16-28)15-19-7-4-6-10-24(19)33-17-20-8-3-5-9-23(20)27/h3-15H,2,17H2,1H3,(H,29,30)/b21-15+. The molecule has 0 heterocycles. The van der Waals surface area contributed by atoms with Gasteiger partial charge in [-0.3, -0.25) is 4.79 Å². The maximum Gasteiger partial charge on any atom is 0.338 e. The Balaban J connectivity index is 1.74. The molecule has 7 heteroatoms. The fourth-order valence-electron chi connectivity index (χ4n) is 2.91. The van der Waals surface area contributed by atoms with E-state index in [1.54, 1.807) is 61.5 Å². The van der Waals surface area contributed by atoms with E-state index in [0.29, 0.717) is 28.1 Å². The molecule has 0 atom stereocenters. The Kier molecular flexibility index (Phi) is 7.92. The molecule has 3 aromatic carbocycles. The quantitative estimate of drug-likeness (QED) is 0.296. The van der Waals surface area contributed by atoms with Gasteiger partial charge in [0.25, 0.3) is 5.91 Å². The molecule has 0 aliphatic carbocycles. The van der Waals surface area contributed by atoms with Gasteiger partial charge in [-0.2, -0.15) is 5.26 Å². The van der Waals surface area contributed by atoms with Crippen molar-refractivity contribution in [3.8, 4) is 11.8 Å². The van der Waals surface area contributed by atoms with Crippen LogP contribution in [0.15, 0.2) is 78.4 Å². The van der Waals surface area contributed by atoms with E-state index in [0.717, 1.165) is 0 Å². The normalized spacial score (nSPS) is 10.8. The maximum absolute atomic E-state index is 13.9. The van der Waals surface area contributed by atoms with Crippen molar-refractivity contribution < 1.29 is 23.5 Å². The zero-order valence-corrected chi connectivity index (χ0v) is 17.9. The summed E-state index contributed by atoms with van der Waals surface area (Å²) in [4.78, 5) is 24.4. The van der Waals surface area contributed by atoms with Crippen molar-refractivity contribution in [3.63, 3.8) is 0 Å². The topological polar surface area (TPSA) is 88.4 Å². The number of carbonyl (C=O) groups is 2. The van der Waals surface area contributed by atoms with Gasteiger partial charge in [0.15, 0.2) is 0 Å². The van der Waals surface area contributed by atoms with Crippen LogP contribution in [0.2, 0.25) is 0 Å². The molecule has 0 aromatic heterocycles. The Hall–Kier alpha value is -4.44. The minimum absolute atomic E-state index is 0.00156. The molecule has 0 spiro atoms. The first kappa shape index (κ1) is 23.2. The minimum Gasteiger partial charge on any atom is -0.488 e. The van der Waals surface area contributed by atoms with Gasteiger partial charge in [0.05, 0.1) is 12.2 Å². The highest BCUT2D eigenvalue weighted by Gasteiger charge is 2.13. The zero-order valence-electron chi connectivity index (χ0n) is 17.9. The summed E-state index contributed by atoms with van der Waals surface area (Å²) in [6, 6.07) is 21.1. The SMILES string of the molecule is CCOC(=O)c1ccc(NC(=O)/C(C#N)=C/c2ccccc2OCc2ccccc2F)cc1. The largest absolute Gasteiger partial charge is 0.488 e. The number of nitriles is 1. The number of nitrogens with one attached hydrogen (secondary N) is 1. The van der Waals surface area contributed by atoms with Crippen molar-refractivity contribution in [2.75, 3.05) is 11.9 Å². The molecule has 0 aliphatic rings. The van der Waals surface area contributed by atoms with Crippen LogP contribution in [0.4, 0.5) is 10.1 Å². The predicted octanol–water partition coefficient (Wildman–Crippen LogP) is 5.13. The van der Waals surface area contributed by atoms with E-state index in [9.17, 15) is 19.2 Å². The summed E-state index contributed by atoms with van der Waals surface area (Å²) in [7, 11) is 0. The molecule has 3 aromatic rings. The van der Waals surface area contributed by atoms with E-state index in [4.69, 9.17) is 9.47 Å². The first-order chi connectivity index (χ1) is 16.0. The third-order valence-corrected chi connectivity index (χ3v) is 4.58. The van der Waals surface area contributed by atoms with Crippen molar-refractivity contribution in [3.05, 3.63) is 101 Å². The molecule has 0 fully saturated rings. The number of anilines is 1. The molecule has 0 bridgehead atoms. The number of amides is 1. The number of benzene rings is 3. The highest BCUT2D eigenvalue weighted by atomic mass is 19.1. The highest BCUT2D eigenvalue weighted by molar-refractivity contribution is 6.10. The second-order valence-electron chi connectivity index (χ2n) is 6.84. The molecule has 1 amide bonds. The van der Waals surface area contributed by atoms with Crippen LogP contribution in [-0.4, -0.2) is 18.5 Å². The van der Waals surface area contributed by atoms with Gasteiger partial charge in [-0.1, -0.05) is 36.4 Å². The van der Waals surface area contributed by atoms with Crippen LogP contribution in [-0.2, 0) is 16.1 Å². The Labute approximate surface area is 190 Å². The van der Waals surface area contributed by atoms with Gasteiger partial charge < -0.3 is 14.8 Å². The van der Waals surface area contributed by atoms with Crippen LogP contribution in [0, 0.1) is 17.1 Å². The van der Waals surface area contributed by atoms with Gasteiger partial charge in [0.2, 0.25) is 0 Å². The Morgan fingerprint density at radius 1 is 1.03 bits per heavy atom. The number of hydrogen-bond donors (Lipinski definition) is 1. The number of halogens is 1. The molecular formula is C26H21FN2O4. The summed E-state index contributed by atoms with van der Waals surface area (Å²) in [6.07, 6.45) is 1.40. The summed E-state index contributed by atoms with van der Waals surface area (Å²) >= 11 is 0. The minimum atomic E-state index is -0.620. The number of rotatable bonds is 8. The molecular weight excluding hydrogens is 423 g/mol. The molecule has 0 saturated carbocycles. The van der Waals surface area contributed by atoms with Gasteiger partial charge in [0.1, 0.15) is 29.8 Å². The van der Waals surface area contributed by atoms with Gasteiger partial charge in [-0.05, 0) is 49.4 Å². The summed E-state index contributed by atoms with van der Waals surface area (Å²) < 4.78 is 24.5. The third kappa shape index (κ3) is 6.28. The van der Waals surface area contributed by atoms with Gasteiger partial charge in [0, 0.05) is 16.8 Å². The van der Waals surface area contributed by atoms with Crippen molar-refractivity contribution in [2.24, 2.45) is 0 Å². The van der Waals surface area contributed by atoms with Crippen LogP contribution < -0.4 is 10.1 Å². The summed E-state index contributed by atoms with van der Waals surface area (Å²) in [5.41, 5.74) is 1.51. The lowest BCUT2D eigenvalue weighted by atomic mass is 10.1. The van der Waals surface area contributed by atoms with Crippen molar-refractivity contribution in [1.29, 1.82) is 5.26 Å². The number of ether oxygens (including phenoxy) is 2. The summed E-state index contributed by atoms with van der Waals surface area (Å²) in [5, 5.41) is 12.1. The predicted molar refractivity (Wildman–Crippen MR) is 122 cm³/mol. The van der Waals surface area contributed by atoms with Crippen LogP contribution in [0.3, 0.4) is 0 Å². The van der Waals surface area contributed by atoms with E-state index in [1.165, 1.54) is 24.3 Å². The fourth-order valence-corrected chi connectivity index (χ4v) is 2.91. The average Bonchev–Trinajstić information content (AvgIpc) is 2.83. The van der Waals surface area contributed by atoms with Gasteiger partial charge in [-0.25, -0.2) is 9.18 Å². The molecule has 166 valence electrons. The Bertz CT molecular complexity index is 1210. The number of nitrogens with zero attached hydrogens (tertiary/aromatic N) is 1. The molecule has 0 radical (unpaired) electrons. The number of esters is 1. The second kappa shape index (κ2) is 11.3. The van der Waals surface area contributed by atoms with Crippen LogP contribution in [0.25, 0.3) is 6.08 Å². The molecule has 6 nitrogen and oxygen atoms in total. The fraction of sp³-hybridized carbons (Fsp3) is 0.115. The van der Waals surface area contributed by atoms with Crippen LogP contribution in [0.1, 0.15) is 28.4 Å². The second-order valence-corrected chi connectivity index (χ2v) is 6.84. The van der Waals surface area contributed by atoms with Crippen molar-refractivity contribution >= 4 is 23.6 Å². The average molecular weight is 444 g/mol. The van der Waals surface area contributed by atoms with E-state index < -0.39 is 11.9 Å². The number of para-hydroxylation sites is 1. The van der Waals surface area contributed by atoms with E-state index in [1.807, 2.05) is 6.07 Å². The lowest BCUT2D eigenvalue weighted by Gasteiger charge is -2.10. The van der Waals surface area contributed by atoms with Gasteiger partial charge in [-0.15, -0.1) is 0 Å². The van der Waals surface area contributed by atoms with E-state index >= 15 is 0 Å². The van der Waals surface area contributed by atoms with Gasteiger partial charge >= 0.3 is 5.97 Å². The van der Waals surface area contributed by atoms with Crippen LogP contribution >= 0.6 is 0 Å². The first-order valence-corrected chi connectivity index (χ1v) is 10.2. The lowest BCUT2D eigenvalue weighted by molar-refractivity contribution is -0.112. The molecule has 1 N–H and O–H groups in total. The zero-order chi connectivity index (χ0) is 23.6. The summed E-state index contributed by atoms with van der Waals surface area (Å²) in [6.45, 7) is 1.98. The van der Waals surface area contributed by atoms with Crippen molar-refractivity contribution in [1.82, 2.24) is 0 Å². The Morgan fingerprint density at radius 3 is 2.42 bits per heavy atom. The third-order valence-electron chi connectivity index (χ3n) is 4.58. The Morgan fingerprint density at radius 2 is 1.73 bits per heavy atom. The number of carbonyl (C=O) groups excluding carboxylic acids is 2. The number of hydrogen-bond acceptors (Lipinski definition) is 5. The lowest BCUT2D eigenvalue weighted by Crippen LogP contribution is -2.14.